The van der Waals surface area contributed by atoms with Crippen molar-refractivity contribution in [3.63, 3.8) is 0 Å². The summed E-state index contributed by atoms with van der Waals surface area (Å²) in [6.45, 7) is 5.84. The number of rotatable bonds is 5. The molecule has 1 aromatic carbocycles. The lowest BCUT2D eigenvalue weighted by Gasteiger charge is -2.11. The molecule has 0 unspecified atom stereocenters. The predicted molar refractivity (Wildman–Crippen MR) is 72.1 cm³/mol. The molecule has 0 fully saturated rings. The van der Waals surface area contributed by atoms with Gasteiger partial charge in [0.25, 0.3) is 0 Å². The quantitative estimate of drug-likeness (QED) is 0.734. The maximum absolute atomic E-state index is 3.85. The van der Waals surface area contributed by atoms with Gasteiger partial charge in [-0.05, 0) is 18.6 Å². The topological polar surface area (TPSA) is 24.1 Å². The Balaban J connectivity index is 2.87. The lowest BCUT2D eigenvalue weighted by Crippen LogP contribution is -2.13. The Bertz CT molecular complexity index is 403. The minimum atomic E-state index is 0.784. The molecule has 0 aliphatic rings. The highest BCUT2D eigenvalue weighted by atomic mass is 15.1. The van der Waals surface area contributed by atoms with E-state index in [1.165, 1.54) is 0 Å². The molecule has 0 aliphatic heterocycles. The van der Waals surface area contributed by atoms with Crippen LogP contribution in [0, 0.1) is 0 Å². The third kappa shape index (κ3) is 3.65. The van der Waals surface area contributed by atoms with Crippen LogP contribution < -0.4 is 10.6 Å². The standard InChI is InChI=1S/C14H18N2/c1-4-5-6-9-13-10-7-8-11-14(13)16-12(2)15-3/h4-11,15-16H,2H2,1,3H3/b5-4-,9-6+. The molecule has 0 heterocycles. The van der Waals surface area contributed by atoms with Crippen molar-refractivity contribution in [1.82, 2.24) is 5.32 Å². The second-order valence-electron chi connectivity index (χ2n) is 3.33. The first-order chi connectivity index (χ1) is 7.77. The van der Waals surface area contributed by atoms with Crippen LogP contribution in [0.15, 0.2) is 54.9 Å². The fourth-order valence-corrected chi connectivity index (χ4v) is 1.25. The van der Waals surface area contributed by atoms with Crippen LogP contribution in [0.2, 0.25) is 0 Å². The Kier molecular flexibility index (Phi) is 4.93. The second kappa shape index (κ2) is 6.51. The van der Waals surface area contributed by atoms with Gasteiger partial charge in [0.05, 0.1) is 5.82 Å². The highest BCUT2D eigenvalue weighted by molar-refractivity contribution is 5.68. The average Bonchev–Trinajstić information content (AvgIpc) is 2.31. The normalized spacial score (nSPS) is 10.9. The number of para-hydroxylation sites is 1. The molecule has 1 aromatic rings. The molecule has 2 N–H and O–H groups in total. The van der Waals surface area contributed by atoms with Gasteiger partial charge in [0.2, 0.25) is 0 Å². The van der Waals surface area contributed by atoms with Crippen molar-refractivity contribution in [2.75, 3.05) is 12.4 Å². The molecule has 0 aliphatic carbocycles. The molecule has 0 saturated heterocycles. The summed E-state index contributed by atoms with van der Waals surface area (Å²) >= 11 is 0. The van der Waals surface area contributed by atoms with Crippen molar-refractivity contribution in [2.45, 2.75) is 6.92 Å². The van der Waals surface area contributed by atoms with Gasteiger partial charge in [0.1, 0.15) is 0 Å². The van der Waals surface area contributed by atoms with Gasteiger partial charge in [0, 0.05) is 12.7 Å². The first-order valence-electron chi connectivity index (χ1n) is 5.30. The molecular weight excluding hydrogens is 196 g/mol. The number of benzene rings is 1. The SMILES string of the molecule is C=C(NC)Nc1ccccc1/C=C/C=C\C. The van der Waals surface area contributed by atoms with Crippen molar-refractivity contribution < 1.29 is 0 Å². The molecule has 0 radical (unpaired) electrons. The van der Waals surface area contributed by atoms with E-state index in [1.54, 1.807) is 0 Å². The van der Waals surface area contributed by atoms with E-state index in [9.17, 15) is 0 Å². The van der Waals surface area contributed by atoms with Gasteiger partial charge in [-0.25, -0.2) is 0 Å². The van der Waals surface area contributed by atoms with Crippen molar-refractivity contribution in [3.8, 4) is 0 Å². The fourth-order valence-electron chi connectivity index (χ4n) is 1.25. The van der Waals surface area contributed by atoms with E-state index < -0.39 is 0 Å². The van der Waals surface area contributed by atoms with Crippen molar-refractivity contribution in [1.29, 1.82) is 0 Å². The molecule has 16 heavy (non-hydrogen) atoms. The van der Waals surface area contributed by atoms with Gasteiger partial charge in [-0.3, -0.25) is 0 Å². The lowest BCUT2D eigenvalue weighted by atomic mass is 10.1. The van der Waals surface area contributed by atoms with E-state index >= 15 is 0 Å². The van der Waals surface area contributed by atoms with Crippen LogP contribution in [-0.2, 0) is 0 Å². The fraction of sp³-hybridized carbons (Fsp3) is 0.143. The summed E-state index contributed by atoms with van der Waals surface area (Å²) < 4.78 is 0. The van der Waals surface area contributed by atoms with Crippen LogP contribution in [0.5, 0.6) is 0 Å². The Hall–Kier alpha value is -1.96. The number of nitrogens with one attached hydrogen (secondary N) is 2. The minimum absolute atomic E-state index is 0.784. The molecule has 2 nitrogen and oxygen atoms in total. The van der Waals surface area contributed by atoms with E-state index in [4.69, 9.17) is 0 Å². The lowest BCUT2D eigenvalue weighted by molar-refractivity contribution is 1.00. The first kappa shape index (κ1) is 12.1. The zero-order valence-electron chi connectivity index (χ0n) is 9.83. The van der Waals surface area contributed by atoms with Crippen LogP contribution in [0.4, 0.5) is 5.69 Å². The zero-order chi connectivity index (χ0) is 11.8. The summed E-state index contributed by atoms with van der Waals surface area (Å²) in [5, 5.41) is 6.17. The van der Waals surface area contributed by atoms with Gasteiger partial charge in [-0.1, -0.05) is 49.1 Å². The van der Waals surface area contributed by atoms with E-state index in [0.29, 0.717) is 0 Å². The maximum atomic E-state index is 3.85. The van der Waals surface area contributed by atoms with E-state index in [-0.39, 0.29) is 0 Å². The number of anilines is 1. The summed E-state index contributed by atoms with van der Waals surface area (Å²) in [6.07, 6.45) is 8.08. The van der Waals surface area contributed by atoms with Crippen LogP contribution in [0.3, 0.4) is 0 Å². The van der Waals surface area contributed by atoms with Gasteiger partial charge in [-0.15, -0.1) is 0 Å². The van der Waals surface area contributed by atoms with Gasteiger partial charge < -0.3 is 10.6 Å². The monoisotopic (exact) mass is 214 g/mol. The van der Waals surface area contributed by atoms with Crippen LogP contribution in [0.25, 0.3) is 6.08 Å². The summed E-state index contributed by atoms with van der Waals surface area (Å²) in [5.41, 5.74) is 2.18. The molecule has 84 valence electrons. The Morgan fingerprint density at radius 3 is 2.69 bits per heavy atom. The summed E-state index contributed by atoms with van der Waals surface area (Å²) in [6, 6.07) is 8.10. The van der Waals surface area contributed by atoms with Gasteiger partial charge in [0.15, 0.2) is 0 Å². The third-order valence-electron chi connectivity index (χ3n) is 2.13. The molecule has 0 amide bonds. The smallest absolute Gasteiger partial charge is 0.0954 e. The Morgan fingerprint density at radius 1 is 1.25 bits per heavy atom. The summed E-state index contributed by atoms with van der Waals surface area (Å²) in [4.78, 5) is 0. The van der Waals surface area contributed by atoms with E-state index in [2.05, 4.69) is 29.4 Å². The Morgan fingerprint density at radius 2 is 2.00 bits per heavy atom. The minimum Gasteiger partial charge on any atom is -0.375 e. The summed E-state index contributed by atoms with van der Waals surface area (Å²) in [7, 11) is 1.84. The molecular formula is C14H18N2. The van der Waals surface area contributed by atoms with Crippen LogP contribution in [-0.4, -0.2) is 7.05 Å². The number of hydrogen-bond donors (Lipinski definition) is 2. The molecule has 0 atom stereocenters. The first-order valence-corrected chi connectivity index (χ1v) is 5.30. The van der Waals surface area contributed by atoms with Gasteiger partial charge >= 0.3 is 0 Å². The third-order valence-corrected chi connectivity index (χ3v) is 2.13. The molecule has 0 bridgehead atoms. The second-order valence-corrected chi connectivity index (χ2v) is 3.33. The highest BCUT2D eigenvalue weighted by Crippen LogP contribution is 2.17. The number of allylic oxidation sites excluding steroid dienone is 3. The molecule has 0 spiro atoms. The largest absolute Gasteiger partial charge is 0.375 e. The van der Waals surface area contributed by atoms with Crippen molar-refractivity contribution in [2.24, 2.45) is 0 Å². The van der Waals surface area contributed by atoms with Gasteiger partial charge in [-0.2, -0.15) is 0 Å². The average molecular weight is 214 g/mol. The van der Waals surface area contributed by atoms with Crippen LogP contribution in [0.1, 0.15) is 12.5 Å². The van der Waals surface area contributed by atoms with Crippen molar-refractivity contribution >= 4 is 11.8 Å². The predicted octanol–water partition coefficient (Wildman–Crippen LogP) is 3.38. The van der Waals surface area contributed by atoms with Crippen molar-refractivity contribution in [3.05, 3.63) is 60.5 Å². The van der Waals surface area contributed by atoms with E-state index in [0.717, 1.165) is 17.1 Å². The maximum Gasteiger partial charge on any atom is 0.0954 e. The molecule has 0 aromatic heterocycles. The molecule has 1 rings (SSSR count). The van der Waals surface area contributed by atoms with E-state index in [1.807, 2.05) is 50.4 Å². The molecule has 0 saturated carbocycles. The zero-order valence-corrected chi connectivity index (χ0v) is 9.83. The highest BCUT2D eigenvalue weighted by Gasteiger charge is 1.97. The Labute approximate surface area is 97.4 Å². The van der Waals surface area contributed by atoms with Crippen LogP contribution >= 0.6 is 0 Å². The summed E-state index contributed by atoms with van der Waals surface area (Å²) in [5.74, 6) is 0.784. The molecule has 2 heteroatoms. The number of hydrogen-bond acceptors (Lipinski definition) is 2.